The van der Waals surface area contributed by atoms with Crippen LogP contribution in [0.4, 0.5) is 0 Å². The van der Waals surface area contributed by atoms with Crippen LogP contribution in [0.1, 0.15) is 70.6 Å². The maximum atomic E-state index is 12.6. The molecule has 8 heteroatoms. The fourth-order valence-corrected chi connectivity index (χ4v) is 4.73. The predicted octanol–water partition coefficient (Wildman–Crippen LogP) is 3.46. The van der Waals surface area contributed by atoms with Crippen molar-refractivity contribution in [1.82, 2.24) is 0 Å². The van der Waals surface area contributed by atoms with Crippen LogP contribution in [0.25, 0.3) is 0 Å². The zero-order valence-electron chi connectivity index (χ0n) is 16.0. The molecule has 0 aromatic rings. The summed E-state index contributed by atoms with van der Waals surface area (Å²) in [6, 6.07) is 0. The number of carbonyl (C=O) groups is 2. The number of carbonyl (C=O) groups excluding carboxylic acids is 2. The van der Waals surface area contributed by atoms with Gasteiger partial charge in [-0.15, -0.1) is 0 Å². The summed E-state index contributed by atoms with van der Waals surface area (Å²) < 4.78 is 43.8. The van der Waals surface area contributed by atoms with Gasteiger partial charge in [0.15, 0.2) is 0 Å². The van der Waals surface area contributed by atoms with Crippen molar-refractivity contribution in [1.29, 1.82) is 0 Å². The molecule has 0 aliphatic heterocycles. The number of rotatable bonds is 5. The summed E-state index contributed by atoms with van der Waals surface area (Å²) in [7, 11) is -4.52. The SMILES string of the molecule is O=C(OC1CCCCC1)C1=CC(C(=O)OC2CCCCC2)CC(S(=O)(=O)O)=C1. The first-order valence-electron chi connectivity index (χ1n) is 10.1. The highest BCUT2D eigenvalue weighted by Gasteiger charge is 2.33. The lowest BCUT2D eigenvalue weighted by Crippen LogP contribution is -2.29. The number of hydrogen-bond donors (Lipinski definition) is 1. The van der Waals surface area contributed by atoms with Crippen molar-refractivity contribution in [2.24, 2.45) is 5.92 Å². The molecule has 0 heterocycles. The average molecular weight is 413 g/mol. The van der Waals surface area contributed by atoms with Crippen LogP contribution in [0.15, 0.2) is 22.6 Å². The highest BCUT2D eigenvalue weighted by atomic mass is 32.2. The zero-order valence-corrected chi connectivity index (χ0v) is 16.8. The molecule has 0 aromatic carbocycles. The minimum absolute atomic E-state index is 0.0185. The number of esters is 2. The third-order valence-corrected chi connectivity index (χ3v) is 6.60. The summed E-state index contributed by atoms with van der Waals surface area (Å²) >= 11 is 0. The molecule has 0 bridgehead atoms. The lowest BCUT2D eigenvalue weighted by atomic mass is 9.94. The minimum atomic E-state index is -4.52. The highest BCUT2D eigenvalue weighted by Crippen LogP contribution is 2.30. The van der Waals surface area contributed by atoms with Crippen molar-refractivity contribution in [2.75, 3.05) is 0 Å². The van der Waals surface area contributed by atoms with Gasteiger partial charge in [0.05, 0.1) is 16.4 Å². The Bertz CT molecular complexity index is 753. The van der Waals surface area contributed by atoms with Crippen LogP contribution in [-0.4, -0.2) is 37.1 Å². The number of allylic oxidation sites excluding steroid dienone is 1. The van der Waals surface area contributed by atoms with Gasteiger partial charge in [0.1, 0.15) is 12.2 Å². The summed E-state index contributed by atoms with van der Waals surface area (Å²) in [5.74, 6) is -2.16. The van der Waals surface area contributed by atoms with Crippen LogP contribution < -0.4 is 0 Å². The fraction of sp³-hybridized carbons (Fsp3) is 0.700. The molecule has 2 fully saturated rings. The Hall–Kier alpha value is -1.67. The first-order chi connectivity index (χ1) is 13.3. The van der Waals surface area contributed by atoms with E-state index in [0.717, 1.165) is 70.3 Å². The maximum absolute atomic E-state index is 12.6. The van der Waals surface area contributed by atoms with E-state index in [1.165, 1.54) is 6.08 Å². The van der Waals surface area contributed by atoms with Gasteiger partial charge in [-0.3, -0.25) is 9.35 Å². The van der Waals surface area contributed by atoms with E-state index in [4.69, 9.17) is 9.47 Å². The Morgan fingerprint density at radius 2 is 1.43 bits per heavy atom. The van der Waals surface area contributed by atoms with Crippen LogP contribution in [-0.2, 0) is 29.2 Å². The van der Waals surface area contributed by atoms with E-state index in [-0.39, 0.29) is 29.1 Å². The Balaban J connectivity index is 1.73. The van der Waals surface area contributed by atoms with E-state index in [2.05, 4.69) is 0 Å². The molecule has 1 atom stereocenters. The molecular formula is C20H28O7S. The van der Waals surface area contributed by atoms with Gasteiger partial charge in [-0.1, -0.05) is 18.9 Å². The third kappa shape index (κ3) is 5.67. The normalized spacial score (nSPS) is 24.8. The van der Waals surface area contributed by atoms with Crippen molar-refractivity contribution in [3.63, 3.8) is 0 Å². The van der Waals surface area contributed by atoms with Gasteiger partial charge in [0.2, 0.25) is 0 Å². The fourth-order valence-electron chi connectivity index (χ4n) is 4.07. The predicted molar refractivity (Wildman–Crippen MR) is 102 cm³/mol. The summed E-state index contributed by atoms with van der Waals surface area (Å²) in [6.45, 7) is 0. The van der Waals surface area contributed by atoms with Gasteiger partial charge >= 0.3 is 11.9 Å². The molecule has 0 spiro atoms. The molecule has 156 valence electrons. The van der Waals surface area contributed by atoms with E-state index in [0.29, 0.717) is 0 Å². The highest BCUT2D eigenvalue weighted by molar-refractivity contribution is 7.89. The molecular weight excluding hydrogens is 384 g/mol. The smallest absolute Gasteiger partial charge is 0.338 e. The van der Waals surface area contributed by atoms with Crippen LogP contribution in [0.3, 0.4) is 0 Å². The Labute approximate surface area is 165 Å². The van der Waals surface area contributed by atoms with Crippen molar-refractivity contribution < 1.29 is 32.0 Å². The monoisotopic (exact) mass is 412 g/mol. The molecule has 0 amide bonds. The van der Waals surface area contributed by atoms with Crippen LogP contribution >= 0.6 is 0 Å². The second-order valence-corrected chi connectivity index (χ2v) is 9.36. The summed E-state index contributed by atoms with van der Waals surface area (Å²) in [5, 5.41) is 0. The van der Waals surface area contributed by atoms with E-state index in [1.54, 1.807) is 0 Å². The number of hydrogen-bond acceptors (Lipinski definition) is 6. The third-order valence-electron chi connectivity index (χ3n) is 5.65. The molecule has 3 aliphatic carbocycles. The molecule has 1 N–H and O–H groups in total. The second-order valence-electron chi connectivity index (χ2n) is 7.88. The standard InChI is InChI=1S/C20H28O7S/c21-19(26-16-7-3-1-4-8-16)14-11-15(13-18(12-14)28(23,24)25)20(22)27-17-9-5-2-6-10-17/h11-12,15-17H,1-10,13H2,(H,23,24,25). The first kappa shape index (κ1) is 21.0. The first-order valence-corrected chi connectivity index (χ1v) is 11.6. The molecule has 7 nitrogen and oxygen atoms in total. The van der Waals surface area contributed by atoms with Gasteiger partial charge in [-0.25, -0.2) is 4.79 Å². The zero-order chi connectivity index (χ0) is 20.1. The van der Waals surface area contributed by atoms with E-state index in [9.17, 15) is 22.6 Å². The second kappa shape index (κ2) is 9.22. The largest absolute Gasteiger partial charge is 0.462 e. The molecule has 3 aliphatic rings. The van der Waals surface area contributed by atoms with Gasteiger partial charge in [0, 0.05) is 6.42 Å². The Morgan fingerprint density at radius 1 is 0.893 bits per heavy atom. The summed E-state index contributed by atoms with van der Waals surface area (Å²) in [4.78, 5) is 24.7. The molecule has 0 aromatic heterocycles. The van der Waals surface area contributed by atoms with Crippen molar-refractivity contribution in [3.8, 4) is 0 Å². The van der Waals surface area contributed by atoms with E-state index in [1.807, 2.05) is 0 Å². The topological polar surface area (TPSA) is 107 Å². The van der Waals surface area contributed by atoms with Crippen molar-refractivity contribution >= 4 is 22.1 Å². The lowest BCUT2D eigenvalue weighted by molar-refractivity contribution is -0.153. The van der Waals surface area contributed by atoms with Gasteiger partial charge in [0.25, 0.3) is 10.1 Å². The summed E-state index contributed by atoms with van der Waals surface area (Å²) in [5.41, 5.74) is -0.0185. The average Bonchev–Trinajstić information content (AvgIpc) is 2.68. The maximum Gasteiger partial charge on any atom is 0.338 e. The lowest BCUT2D eigenvalue weighted by Gasteiger charge is -2.26. The molecule has 2 saturated carbocycles. The summed E-state index contributed by atoms with van der Waals surface area (Å²) in [6.07, 6.45) is 11.2. The number of ether oxygens (including phenoxy) is 2. The van der Waals surface area contributed by atoms with E-state index < -0.39 is 28.0 Å². The van der Waals surface area contributed by atoms with Gasteiger partial charge in [-0.05, 0) is 57.4 Å². The van der Waals surface area contributed by atoms with Crippen LogP contribution in [0.2, 0.25) is 0 Å². The van der Waals surface area contributed by atoms with Crippen LogP contribution in [0, 0.1) is 5.92 Å². The van der Waals surface area contributed by atoms with Gasteiger partial charge < -0.3 is 9.47 Å². The Morgan fingerprint density at radius 3 is 1.96 bits per heavy atom. The molecule has 3 rings (SSSR count). The molecule has 28 heavy (non-hydrogen) atoms. The quantitative estimate of drug-likeness (QED) is 0.544. The minimum Gasteiger partial charge on any atom is -0.462 e. The Kier molecular flexibility index (Phi) is 6.93. The van der Waals surface area contributed by atoms with Gasteiger partial charge in [-0.2, -0.15) is 8.42 Å². The van der Waals surface area contributed by atoms with Crippen molar-refractivity contribution in [3.05, 3.63) is 22.6 Å². The molecule has 0 radical (unpaired) electrons. The molecule has 0 saturated heterocycles. The van der Waals surface area contributed by atoms with Crippen molar-refractivity contribution in [2.45, 2.75) is 82.8 Å². The van der Waals surface area contributed by atoms with Crippen LogP contribution in [0.5, 0.6) is 0 Å². The molecule has 1 unspecified atom stereocenters. The van der Waals surface area contributed by atoms with E-state index >= 15 is 0 Å².